The summed E-state index contributed by atoms with van der Waals surface area (Å²) in [4.78, 5) is 12.0. The largest absolute Gasteiger partial charge is 0.376 e. The highest BCUT2D eigenvalue weighted by atomic mass is 79.9. The molecule has 7 heteroatoms. The number of carbonyl (C=O) groups is 1. The van der Waals surface area contributed by atoms with Crippen LogP contribution in [0.5, 0.6) is 0 Å². The topological polar surface area (TPSA) is 58.4 Å². The van der Waals surface area contributed by atoms with Gasteiger partial charge in [0.15, 0.2) is 0 Å². The van der Waals surface area contributed by atoms with Gasteiger partial charge in [0.05, 0.1) is 12.8 Å². The van der Waals surface area contributed by atoms with Crippen LogP contribution in [0.1, 0.15) is 22.5 Å². The van der Waals surface area contributed by atoms with Gasteiger partial charge in [-0.15, -0.1) is 0 Å². The maximum Gasteiger partial charge on any atom is 0.259 e. The van der Waals surface area contributed by atoms with E-state index in [1.165, 1.54) is 5.56 Å². The molecule has 0 aliphatic carbocycles. The van der Waals surface area contributed by atoms with E-state index in [4.69, 9.17) is 11.6 Å². The summed E-state index contributed by atoms with van der Waals surface area (Å²) in [5, 5.41) is 7.78. The van der Waals surface area contributed by atoms with E-state index in [0.29, 0.717) is 5.02 Å². The van der Waals surface area contributed by atoms with Crippen molar-refractivity contribution in [3.05, 3.63) is 80.5 Å². The Morgan fingerprint density at radius 1 is 1.14 bits per heavy atom. The molecule has 1 amide bonds. The maximum absolute atomic E-state index is 12.0. The Bertz CT molecular complexity index is 1060. The number of rotatable bonds is 6. The van der Waals surface area contributed by atoms with Gasteiger partial charge in [0, 0.05) is 37.8 Å². The van der Waals surface area contributed by atoms with Gasteiger partial charge in [-0.3, -0.25) is 4.79 Å². The Morgan fingerprint density at radius 3 is 2.55 bits per heavy atom. The van der Waals surface area contributed by atoms with E-state index in [-0.39, 0.29) is 12.5 Å². The number of aromatic nitrogens is 1. The Hall–Kier alpha value is -2.57. The molecule has 0 aliphatic rings. The Balaban J connectivity index is 1.64. The van der Waals surface area contributed by atoms with Crippen molar-refractivity contribution in [3.63, 3.8) is 0 Å². The Kier molecular flexibility index (Phi) is 6.77. The summed E-state index contributed by atoms with van der Waals surface area (Å²) in [6.45, 7) is 6.26. The van der Waals surface area contributed by atoms with E-state index in [9.17, 15) is 4.79 Å². The molecule has 0 saturated heterocycles. The van der Waals surface area contributed by atoms with E-state index < -0.39 is 0 Å². The van der Waals surface area contributed by atoms with Crippen molar-refractivity contribution in [1.82, 2.24) is 9.99 Å². The predicted molar refractivity (Wildman–Crippen MR) is 123 cm³/mol. The van der Waals surface area contributed by atoms with Gasteiger partial charge in [0.1, 0.15) is 0 Å². The van der Waals surface area contributed by atoms with Gasteiger partial charge in [-0.2, -0.15) is 5.10 Å². The molecule has 0 bridgehead atoms. The first-order valence-corrected chi connectivity index (χ1v) is 10.3. The first kappa shape index (κ1) is 21.1. The number of aryl methyl sites for hydroxylation is 2. The number of benzene rings is 2. The van der Waals surface area contributed by atoms with Crippen LogP contribution < -0.4 is 10.7 Å². The zero-order valence-electron chi connectivity index (χ0n) is 16.5. The summed E-state index contributed by atoms with van der Waals surface area (Å²) < 4.78 is 3.23. The first-order valence-electron chi connectivity index (χ1n) is 9.12. The van der Waals surface area contributed by atoms with Crippen LogP contribution in [0, 0.1) is 20.8 Å². The van der Waals surface area contributed by atoms with Crippen LogP contribution in [-0.2, 0) is 4.79 Å². The molecule has 3 rings (SSSR count). The summed E-state index contributed by atoms with van der Waals surface area (Å²) in [5.41, 5.74) is 8.73. The SMILES string of the molecule is Cc1ccc(-n2c(C)cc(/C=N\NC(=O)CNc3ccc(Cl)cc3)c2C)cc1Br. The van der Waals surface area contributed by atoms with E-state index >= 15 is 0 Å². The first-order chi connectivity index (χ1) is 13.8. The van der Waals surface area contributed by atoms with Gasteiger partial charge in [0.25, 0.3) is 5.91 Å². The minimum absolute atomic E-state index is 0.120. The van der Waals surface area contributed by atoms with Crippen LogP contribution in [0.15, 0.2) is 58.1 Å². The van der Waals surface area contributed by atoms with Gasteiger partial charge in [0.2, 0.25) is 0 Å². The Morgan fingerprint density at radius 2 is 1.86 bits per heavy atom. The van der Waals surface area contributed by atoms with Crippen molar-refractivity contribution >= 4 is 45.3 Å². The normalized spacial score (nSPS) is 11.1. The molecule has 0 atom stereocenters. The minimum Gasteiger partial charge on any atom is -0.376 e. The molecular weight excluding hydrogens is 452 g/mol. The van der Waals surface area contributed by atoms with E-state index in [1.54, 1.807) is 18.3 Å². The number of amides is 1. The number of hydrazone groups is 1. The number of hydrogen-bond acceptors (Lipinski definition) is 3. The number of carbonyl (C=O) groups excluding carboxylic acids is 1. The lowest BCUT2D eigenvalue weighted by Crippen LogP contribution is -2.25. The zero-order chi connectivity index (χ0) is 21.0. The van der Waals surface area contributed by atoms with Crippen LogP contribution >= 0.6 is 27.5 Å². The molecule has 2 aromatic carbocycles. The molecule has 0 radical (unpaired) electrons. The third kappa shape index (κ3) is 5.28. The average molecular weight is 474 g/mol. The second-order valence-corrected chi connectivity index (χ2v) is 8.04. The lowest BCUT2D eigenvalue weighted by atomic mass is 10.2. The molecule has 150 valence electrons. The lowest BCUT2D eigenvalue weighted by molar-refractivity contribution is -0.119. The van der Waals surface area contributed by atoms with Gasteiger partial charge >= 0.3 is 0 Å². The molecule has 1 heterocycles. The van der Waals surface area contributed by atoms with E-state index in [2.05, 4.69) is 61.5 Å². The van der Waals surface area contributed by atoms with Gasteiger partial charge in [-0.1, -0.05) is 33.6 Å². The quantitative estimate of drug-likeness (QED) is 0.373. The molecule has 0 spiro atoms. The highest BCUT2D eigenvalue weighted by Crippen LogP contribution is 2.24. The summed E-state index contributed by atoms with van der Waals surface area (Å²) in [6, 6.07) is 15.5. The summed E-state index contributed by atoms with van der Waals surface area (Å²) in [6.07, 6.45) is 1.67. The second kappa shape index (κ2) is 9.29. The molecule has 3 aromatic rings. The van der Waals surface area contributed by atoms with Crippen molar-refractivity contribution < 1.29 is 4.79 Å². The van der Waals surface area contributed by atoms with Crippen LogP contribution in [0.3, 0.4) is 0 Å². The average Bonchev–Trinajstić information content (AvgIpc) is 2.97. The van der Waals surface area contributed by atoms with Crippen molar-refractivity contribution in [2.24, 2.45) is 5.10 Å². The molecule has 1 aromatic heterocycles. The van der Waals surface area contributed by atoms with Crippen molar-refractivity contribution in [3.8, 4) is 5.69 Å². The maximum atomic E-state index is 12.0. The molecule has 0 unspecified atom stereocenters. The summed E-state index contributed by atoms with van der Waals surface area (Å²) >= 11 is 9.44. The molecule has 2 N–H and O–H groups in total. The molecule has 29 heavy (non-hydrogen) atoms. The number of nitrogens with zero attached hydrogens (tertiary/aromatic N) is 2. The van der Waals surface area contributed by atoms with E-state index in [1.807, 2.05) is 32.0 Å². The van der Waals surface area contributed by atoms with Gasteiger partial charge in [-0.05, 0) is 68.8 Å². The summed E-state index contributed by atoms with van der Waals surface area (Å²) in [7, 11) is 0. The number of halogens is 2. The predicted octanol–water partition coefficient (Wildman–Crippen LogP) is 5.38. The van der Waals surface area contributed by atoms with Crippen LogP contribution in [0.2, 0.25) is 5.02 Å². The number of nitrogens with one attached hydrogen (secondary N) is 2. The fraction of sp³-hybridized carbons (Fsp3) is 0.182. The van der Waals surface area contributed by atoms with Crippen molar-refractivity contribution in [1.29, 1.82) is 0 Å². The monoisotopic (exact) mass is 472 g/mol. The second-order valence-electron chi connectivity index (χ2n) is 6.75. The molecule has 5 nitrogen and oxygen atoms in total. The van der Waals surface area contributed by atoms with E-state index in [0.717, 1.165) is 32.8 Å². The zero-order valence-corrected chi connectivity index (χ0v) is 18.8. The molecule has 0 fully saturated rings. The van der Waals surface area contributed by atoms with Crippen molar-refractivity contribution in [2.45, 2.75) is 20.8 Å². The fourth-order valence-electron chi connectivity index (χ4n) is 3.00. The smallest absolute Gasteiger partial charge is 0.259 e. The highest BCUT2D eigenvalue weighted by Gasteiger charge is 2.10. The van der Waals surface area contributed by atoms with Crippen LogP contribution in [-0.4, -0.2) is 23.2 Å². The minimum atomic E-state index is -0.229. The fourth-order valence-corrected chi connectivity index (χ4v) is 3.49. The molecule has 0 aliphatic heterocycles. The Labute approximate surface area is 183 Å². The van der Waals surface area contributed by atoms with Crippen molar-refractivity contribution in [2.75, 3.05) is 11.9 Å². The van der Waals surface area contributed by atoms with Crippen LogP contribution in [0.25, 0.3) is 5.69 Å². The third-order valence-corrected chi connectivity index (χ3v) is 5.68. The third-order valence-electron chi connectivity index (χ3n) is 4.57. The van der Waals surface area contributed by atoms with Gasteiger partial charge in [-0.25, -0.2) is 5.43 Å². The number of anilines is 1. The number of hydrogen-bond donors (Lipinski definition) is 2. The standard InChI is InChI=1S/C22H22BrClN4O/c1-14-4-9-20(11-21(14)23)28-15(2)10-17(16(28)3)12-26-27-22(29)13-25-19-7-5-18(24)6-8-19/h4-12,25H,13H2,1-3H3,(H,27,29)/b26-12-. The summed E-state index contributed by atoms with van der Waals surface area (Å²) in [5.74, 6) is -0.229. The molecule has 0 saturated carbocycles. The van der Waals surface area contributed by atoms with Crippen LogP contribution in [0.4, 0.5) is 5.69 Å². The highest BCUT2D eigenvalue weighted by molar-refractivity contribution is 9.10. The molecular formula is C22H22BrClN4O. The van der Waals surface area contributed by atoms with Gasteiger partial charge < -0.3 is 9.88 Å². The lowest BCUT2D eigenvalue weighted by Gasteiger charge is -2.11.